The molecule has 0 saturated heterocycles. The maximum atomic E-state index is 10.6. The zero-order valence-corrected chi connectivity index (χ0v) is 10.5. The highest BCUT2D eigenvalue weighted by molar-refractivity contribution is 6.32. The summed E-state index contributed by atoms with van der Waals surface area (Å²) in [7, 11) is 0. The summed E-state index contributed by atoms with van der Waals surface area (Å²) in [6.45, 7) is 0.183. The first-order valence-corrected chi connectivity index (χ1v) is 5.71. The molecule has 0 spiro atoms. The van der Waals surface area contributed by atoms with Crippen LogP contribution in [0.15, 0.2) is 36.5 Å². The molecular formula is C12H10ClN3O3. The van der Waals surface area contributed by atoms with Crippen LogP contribution >= 0.6 is 11.6 Å². The van der Waals surface area contributed by atoms with E-state index >= 15 is 0 Å². The fraction of sp³-hybridized carbons (Fsp3) is 0.0833. The summed E-state index contributed by atoms with van der Waals surface area (Å²) in [6.07, 6.45) is 1.57. The number of hydrogen-bond donors (Lipinski definition) is 1. The number of nitrogens with zero attached hydrogens (tertiary/aromatic N) is 2. The number of halogens is 1. The van der Waals surface area contributed by atoms with E-state index in [1.165, 1.54) is 18.2 Å². The summed E-state index contributed by atoms with van der Waals surface area (Å²) in [6, 6.07) is 7.37. The Bertz CT molecular complexity index is 619. The van der Waals surface area contributed by atoms with Crippen molar-refractivity contribution in [1.29, 1.82) is 0 Å². The molecule has 0 saturated carbocycles. The van der Waals surface area contributed by atoms with E-state index in [4.69, 9.17) is 22.1 Å². The van der Waals surface area contributed by atoms with Gasteiger partial charge in [-0.15, -0.1) is 0 Å². The van der Waals surface area contributed by atoms with Crippen molar-refractivity contribution in [3.8, 4) is 5.75 Å². The first-order valence-electron chi connectivity index (χ1n) is 5.33. The number of aromatic nitrogens is 1. The van der Waals surface area contributed by atoms with E-state index in [9.17, 15) is 10.1 Å². The van der Waals surface area contributed by atoms with Crippen LogP contribution < -0.4 is 10.5 Å². The van der Waals surface area contributed by atoms with Crippen molar-refractivity contribution in [2.45, 2.75) is 6.61 Å². The van der Waals surface area contributed by atoms with Crippen molar-refractivity contribution in [3.63, 3.8) is 0 Å². The molecule has 0 aliphatic carbocycles. The second-order valence-electron chi connectivity index (χ2n) is 3.74. The molecule has 0 unspecified atom stereocenters. The molecule has 0 bridgehead atoms. The molecule has 0 amide bonds. The Morgan fingerprint density at radius 2 is 2.16 bits per heavy atom. The molecule has 2 aromatic rings. The molecule has 0 atom stereocenters. The monoisotopic (exact) mass is 279 g/mol. The van der Waals surface area contributed by atoms with E-state index in [0.717, 1.165) is 0 Å². The lowest BCUT2D eigenvalue weighted by molar-refractivity contribution is -0.384. The standard InChI is InChI=1S/C12H10ClN3O3/c13-11-6-10(16(17)18)1-2-12(11)19-7-9-5-8(14)3-4-15-9/h1-6H,7H2,(H2,14,15). The molecule has 7 heteroatoms. The van der Waals surface area contributed by atoms with Crippen LogP contribution in [0.25, 0.3) is 0 Å². The first-order chi connectivity index (χ1) is 9.06. The fourth-order valence-electron chi connectivity index (χ4n) is 1.45. The summed E-state index contributed by atoms with van der Waals surface area (Å²) in [4.78, 5) is 14.1. The maximum Gasteiger partial charge on any atom is 0.271 e. The van der Waals surface area contributed by atoms with E-state index in [2.05, 4.69) is 4.98 Å². The Kier molecular flexibility index (Phi) is 3.82. The molecule has 0 radical (unpaired) electrons. The van der Waals surface area contributed by atoms with Gasteiger partial charge in [-0.2, -0.15) is 0 Å². The second kappa shape index (κ2) is 5.53. The van der Waals surface area contributed by atoms with Gasteiger partial charge >= 0.3 is 0 Å². The van der Waals surface area contributed by atoms with Gasteiger partial charge in [0.05, 0.1) is 15.6 Å². The average Bonchev–Trinajstić information content (AvgIpc) is 2.37. The Hall–Kier alpha value is -2.34. The number of nitrogens with two attached hydrogens (primary N) is 1. The molecule has 98 valence electrons. The third kappa shape index (κ3) is 3.32. The Balaban J connectivity index is 2.10. The predicted molar refractivity (Wildman–Crippen MR) is 71.1 cm³/mol. The van der Waals surface area contributed by atoms with Gasteiger partial charge in [-0.3, -0.25) is 15.1 Å². The van der Waals surface area contributed by atoms with Crippen molar-refractivity contribution in [3.05, 3.63) is 57.4 Å². The lowest BCUT2D eigenvalue weighted by Crippen LogP contribution is -2.00. The van der Waals surface area contributed by atoms with E-state index in [1.54, 1.807) is 18.3 Å². The predicted octanol–water partition coefficient (Wildman–Crippen LogP) is 2.80. The highest BCUT2D eigenvalue weighted by atomic mass is 35.5. The highest BCUT2D eigenvalue weighted by Crippen LogP contribution is 2.29. The summed E-state index contributed by atoms with van der Waals surface area (Å²) in [5.74, 6) is 0.358. The maximum absolute atomic E-state index is 10.6. The number of nitrogen functional groups attached to an aromatic ring is 1. The lowest BCUT2D eigenvalue weighted by Gasteiger charge is -2.07. The van der Waals surface area contributed by atoms with Crippen LogP contribution in [0.3, 0.4) is 0 Å². The largest absolute Gasteiger partial charge is 0.486 e. The molecular weight excluding hydrogens is 270 g/mol. The molecule has 1 aromatic carbocycles. The van der Waals surface area contributed by atoms with Gasteiger partial charge in [0.25, 0.3) is 5.69 Å². The van der Waals surface area contributed by atoms with E-state index in [-0.39, 0.29) is 17.3 Å². The number of benzene rings is 1. The van der Waals surface area contributed by atoms with Crippen LogP contribution in [0.4, 0.5) is 11.4 Å². The van der Waals surface area contributed by atoms with Gasteiger partial charge in [-0.25, -0.2) is 0 Å². The van der Waals surface area contributed by atoms with E-state index in [0.29, 0.717) is 17.1 Å². The van der Waals surface area contributed by atoms with Crippen molar-refractivity contribution < 1.29 is 9.66 Å². The van der Waals surface area contributed by atoms with Crippen molar-refractivity contribution in [2.24, 2.45) is 0 Å². The molecule has 1 heterocycles. The van der Waals surface area contributed by atoms with Gasteiger partial charge < -0.3 is 10.5 Å². The van der Waals surface area contributed by atoms with E-state index < -0.39 is 4.92 Å². The van der Waals surface area contributed by atoms with Crippen LogP contribution in [-0.2, 0) is 6.61 Å². The number of pyridine rings is 1. The average molecular weight is 280 g/mol. The molecule has 6 nitrogen and oxygen atoms in total. The third-order valence-electron chi connectivity index (χ3n) is 2.34. The lowest BCUT2D eigenvalue weighted by atomic mass is 10.3. The summed E-state index contributed by atoms with van der Waals surface area (Å²) in [5, 5.41) is 10.7. The van der Waals surface area contributed by atoms with Gasteiger partial charge in [0.2, 0.25) is 0 Å². The first kappa shape index (κ1) is 13.1. The number of hydrogen-bond acceptors (Lipinski definition) is 5. The zero-order chi connectivity index (χ0) is 13.8. The summed E-state index contributed by atoms with van der Waals surface area (Å²) >= 11 is 5.90. The highest BCUT2D eigenvalue weighted by Gasteiger charge is 2.10. The number of anilines is 1. The van der Waals surface area contributed by atoms with Crippen LogP contribution in [0, 0.1) is 10.1 Å². The minimum absolute atomic E-state index is 0.0839. The Morgan fingerprint density at radius 3 is 2.79 bits per heavy atom. The number of nitro benzene ring substituents is 1. The van der Waals surface area contributed by atoms with Crippen molar-refractivity contribution in [1.82, 2.24) is 4.98 Å². The summed E-state index contributed by atoms with van der Waals surface area (Å²) < 4.78 is 5.44. The number of ether oxygens (including phenoxy) is 1. The normalized spacial score (nSPS) is 10.2. The van der Waals surface area contributed by atoms with Crippen molar-refractivity contribution >= 4 is 23.0 Å². The Labute approximate surface area is 113 Å². The van der Waals surface area contributed by atoms with Crippen molar-refractivity contribution in [2.75, 3.05) is 5.73 Å². The minimum atomic E-state index is -0.519. The van der Waals surface area contributed by atoms with E-state index in [1.807, 2.05) is 0 Å². The molecule has 19 heavy (non-hydrogen) atoms. The Morgan fingerprint density at radius 1 is 1.37 bits per heavy atom. The van der Waals surface area contributed by atoms with Gasteiger partial charge in [-0.05, 0) is 18.2 Å². The second-order valence-corrected chi connectivity index (χ2v) is 4.15. The summed E-state index contributed by atoms with van der Waals surface area (Å²) in [5.41, 5.74) is 6.76. The molecule has 1 aromatic heterocycles. The van der Waals surface area contributed by atoms with Crippen LogP contribution in [-0.4, -0.2) is 9.91 Å². The number of nitro groups is 1. The van der Waals surface area contributed by atoms with Gasteiger partial charge in [-0.1, -0.05) is 11.6 Å². The molecule has 0 aliphatic rings. The van der Waals surface area contributed by atoms with Gasteiger partial charge in [0.1, 0.15) is 12.4 Å². The number of non-ortho nitro benzene ring substituents is 1. The van der Waals surface area contributed by atoms with Crippen LogP contribution in [0.2, 0.25) is 5.02 Å². The SMILES string of the molecule is Nc1ccnc(COc2ccc([N+](=O)[O-])cc2Cl)c1. The van der Waals surface area contributed by atoms with Gasteiger partial charge in [0, 0.05) is 24.0 Å². The number of rotatable bonds is 4. The molecule has 2 N–H and O–H groups in total. The topological polar surface area (TPSA) is 91.3 Å². The third-order valence-corrected chi connectivity index (χ3v) is 2.64. The van der Waals surface area contributed by atoms with Crippen LogP contribution in [0.1, 0.15) is 5.69 Å². The quantitative estimate of drug-likeness (QED) is 0.686. The molecule has 0 aliphatic heterocycles. The van der Waals surface area contributed by atoms with Gasteiger partial charge in [0.15, 0.2) is 0 Å². The van der Waals surface area contributed by atoms with Crippen LogP contribution in [0.5, 0.6) is 5.75 Å². The molecule has 0 fully saturated rings. The zero-order valence-electron chi connectivity index (χ0n) is 9.75. The fourth-order valence-corrected chi connectivity index (χ4v) is 1.68. The minimum Gasteiger partial charge on any atom is -0.486 e. The molecule has 2 rings (SSSR count). The smallest absolute Gasteiger partial charge is 0.271 e.